The van der Waals surface area contributed by atoms with Crippen molar-refractivity contribution in [1.29, 1.82) is 0 Å². The molecular formula is C16H24. The predicted octanol–water partition coefficient (Wildman–Crippen LogP) is 5.21. The van der Waals surface area contributed by atoms with E-state index in [1.165, 1.54) is 47.9 Å². The van der Waals surface area contributed by atoms with Crippen LogP contribution in [-0.4, -0.2) is 0 Å². The van der Waals surface area contributed by atoms with E-state index >= 15 is 0 Å². The Bertz CT molecular complexity index is 359. The maximum Gasteiger partial charge on any atom is -0.0228 e. The van der Waals surface area contributed by atoms with E-state index in [4.69, 9.17) is 0 Å². The SMILES string of the molecule is CCCCCC=Cc1ccc(C)c(C)c1C. The number of aryl methyl sites for hydroxylation is 1. The fourth-order valence-corrected chi connectivity index (χ4v) is 1.88. The van der Waals surface area contributed by atoms with Gasteiger partial charge in [0, 0.05) is 0 Å². The number of allylic oxidation sites excluding steroid dienone is 1. The minimum absolute atomic E-state index is 1.21. The lowest BCUT2D eigenvalue weighted by molar-refractivity contribution is 0.730. The second-order valence-corrected chi connectivity index (χ2v) is 4.62. The van der Waals surface area contributed by atoms with Gasteiger partial charge >= 0.3 is 0 Å². The van der Waals surface area contributed by atoms with Gasteiger partial charge in [-0.2, -0.15) is 0 Å². The highest BCUT2D eigenvalue weighted by Crippen LogP contribution is 2.18. The van der Waals surface area contributed by atoms with E-state index < -0.39 is 0 Å². The monoisotopic (exact) mass is 216 g/mol. The Morgan fingerprint density at radius 2 is 1.75 bits per heavy atom. The van der Waals surface area contributed by atoms with E-state index in [9.17, 15) is 0 Å². The first kappa shape index (κ1) is 13.0. The Hall–Kier alpha value is -1.04. The normalized spacial score (nSPS) is 11.2. The van der Waals surface area contributed by atoms with Gasteiger partial charge in [0.05, 0.1) is 0 Å². The van der Waals surface area contributed by atoms with Crippen LogP contribution in [0, 0.1) is 20.8 Å². The molecular weight excluding hydrogens is 192 g/mol. The van der Waals surface area contributed by atoms with Crippen molar-refractivity contribution in [3.63, 3.8) is 0 Å². The van der Waals surface area contributed by atoms with Crippen LogP contribution in [-0.2, 0) is 0 Å². The molecule has 0 fully saturated rings. The van der Waals surface area contributed by atoms with Crippen LogP contribution in [0.3, 0.4) is 0 Å². The topological polar surface area (TPSA) is 0 Å². The van der Waals surface area contributed by atoms with Gasteiger partial charge in [-0.1, -0.05) is 44.1 Å². The Morgan fingerprint density at radius 1 is 1.00 bits per heavy atom. The molecule has 0 aliphatic rings. The van der Waals surface area contributed by atoms with Gasteiger partial charge < -0.3 is 0 Å². The van der Waals surface area contributed by atoms with Crippen molar-refractivity contribution in [2.45, 2.75) is 53.4 Å². The lowest BCUT2D eigenvalue weighted by Gasteiger charge is -2.07. The molecule has 1 aromatic carbocycles. The zero-order valence-electron chi connectivity index (χ0n) is 11.1. The number of hydrogen-bond acceptors (Lipinski definition) is 0. The van der Waals surface area contributed by atoms with Crippen LogP contribution in [0.1, 0.15) is 54.9 Å². The highest BCUT2D eigenvalue weighted by molar-refractivity contribution is 5.56. The number of benzene rings is 1. The Morgan fingerprint density at radius 3 is 2.44 bits per heavy atom. The van der Waals surface area contributed by atoms with E-state index in [1.54, 1.807) is 0 Å². The minimum Gasteiger partial charge on any atom is -0.0839 e. The summed E-state index contributed by atoms with van der Waals surface area (Å²) in [5.41, 5.74) is 5.61. The first-order chi connectivity index (χ1) is 7.66. The van der Waals surface area contributed by atoms with E-state index in [2.05, 4.69) is 52.0 Å². The van der Waals surface area contributed by atoms with Gasteiger partial charge in [-0.3, -0.25) is 0 Å². The van der Waals surface area contributed by atoms with Gasteiger partial charge in [-0.05, 0) is 55.9 Å². The maximum absolute atomic E-state index is 2.31. The molecule has 0 aromatic heterocycles. The van der Waals surface area contributed by atoms with Gasteiger partial charge in [0.25, 0.3) is 0 Å². The summed E-state index contributed by atoms with van der Waals surface area (Å²) >= 11 is 0. The predicted molar refractivity (Wildman–Crippen MR) is 73.8 cm³/mol. The summed E-state index contributed by atoms with van der Waals surface area (Å²) in [6.07, 6.45) is 9.76. The van der Waals surface area contributed by atoms with Crippen LogP contribution >= 0.6 is 0 Å². The molecule has 0 unspecified atom stereocenters. The highest BCUT2D eigenvalue weighted by Gasteiger charge is 2.00. The Balaban J connectivity index is 2.64. The summed E-state index contributed by atoms with van der Waals surface area (Å²) in [7, 11) is 0. The summed E-state index contributed by atoms with van der Waals surface area (Å²) in [5.74, 6) is 0. The molecule has 1 rings (SSSR count). The van der Waals surface area contributed by atoms with Crippen molar-refractivity contribution >= 4 is 6.08 Å². The summed E-state index contributed by atoms with van der Waals surface area (Å²) in [6.45, 7) is 8.85. The average Bonchev–Trinajstić information content (AvgIpc) is 2.28. The van der Waals surface area contributed by atoms with Crippen LogP contribution in [0.15, 0.2) is 18.2 Å². The molecule has 16 heavy (non-hydrogen) atoms. The maximum atomic E-state index is 2.31. The summed E-state index contributed by atoms with van der Waals surface area (Å²) in [6, 6.07) is 4.45. The summed E-state index contributed by atoms with van der Waals surface area (Å²) in [5, 5.41) is 0. The molecule has 0 aliphatic carbocycles. The van der Waals surface area contributed by atoms with Crippen LogP contribution < -0.4 is 0 Å². The van der Waals surface area contributed by atoms with Crippen LogP contribution in [0.5, 0.6) is 0 Å². The van der Waals surface area contributed by atoms with Crippen LogP contribution in [0.25, 0.3) is 6.08 Å². The lowest BCUT2D eigenvalue weighted by Crippen LogP contribution is -1.89. The van der Waals surface area contributed by atoms with Gasteiger partial charge in [-0.15, -0.1) is 0 Å². The Kier molecular flexibility index (Phi) is 5.31. The van der Waals surface area contributed by atoms with Gasteiger partial charge in [-0.25, -0.2) is 0 Å². The fraction of sp³-hybridized carbons (Fsp3) is 0.500. The first-order valence-electron chi connectivity index (χ1n) is 6.40. The van der Waals surface area contributed by atoms with Gasteiger partial charge in [0.15, 0.2) is 0 Å². The zero-order chi connectivity index (χ0) is 12.0. The molecule has 0 N–H and O–H groups in total. The summed E-state index contributed by atoms with van der Waals surface area (Å²) < 4.78 is 0. The fourth-order valence-electron chi connectivity index (χ4n) is 1.88. The second kappa shape index (κ2) is 6.52. The van der Waals surface area contributed by atoms with E-state index in [0.717, 1.165) is 0 Å². The molecule has 0 saturated heterocycles. The second-order valence-electron chi connectivity index (χ2n) is 4.62. The Labute approximate surface area is 100 Å². The molecule has 88 valence electrons. The molecule has 0 saturated carbocycles. The van der Waals surface area contributed by atoms with E-state index in [0.29, 0.717) is 0 Å². The largest absolute Gasteiger partial charge is 0.0839 e. The van der Waals surface area contributed by atoms with E-state index in [-0.39, 0.29) is 0 Å². The molecule has 0 spiro atoms. The average molecular weight is 216 g/mol. The van der Waals surface area contributed by atoms with Gasteiger partial charge in [0.1, 0.15) is 0 Å². The molecule has 0 heteroatoms. The summed E-state index contributed by atoms with van der Waals surface area (Å²) in [4.78, 5) is 0. The van der Waals surface area contributed by atoms with Crippen molar-refractivity contribution in [1.82, 2.24) is 0 Å². The molecule has 0 aliphatic heterocycles. The minimum atomic E-state index is 1.21. The number of unbranched alkanes of at least 4 members (excludes halogenated alkanes) is 3. The molecule has 0 nitrogen and oxygen atoms in total. The third kappa shape index (κ3) is 3.52. The molecule has 1 aromatic rings. The van der Waals surface area contributed by atoms with Crippen molar-refractivity contribution < 1.29 is 0 Å². The van der Waals surface area contributed by atoms with Crippen molar-refractivity contribution in [2.75, 3.05) is 0 Å². The molecule has 0 bridgehead atoms. The third-order valence-electron chi connectivity index (χ3n) is 3.37. The van der Waals surface area contributed by atoms with Crippen molar-refractivity contribution in [3.05, 3.63) is 40.5 Å². The quantitative estimate of drug-likeness (QED) is 0.593. The van der Waals surface area contributed by atoms with Crippen LogP contribution in [0.4, 0.5) is 0 Å². The smallest absolute Gasteiger partial charge is 0.0228 e. The highest BCUT2D eigenvalue weighted by atomic mass is 14.0. The van der Waals surface area contributed by atoms with E-state index in [1.807, 2.05) is 0 Å². The van der Waals surface area contributed by atoms with Crippen molar-refractivity contribution in [2.24, 2.45) is 0 Å². The number of hydrogen-bond donors (Lipinski definition) is 0. The van der Waals surface area contributed by atoms with Gasteiger partial charge in [0.2, 0.25) is 0 Å². The molecule has 0 radical (unpaired) electrons. The number of rotatable bonds is 5. The third-order valence-corrected chi connectivity index (χ3v) is 3.37. The lowest BCUT2D eigenvalue weighted by atomic mass is 9.98. The van der Waals surface area contributed by atoms with Crippen molar-refractivity contribution in [3.8, 4) is 0 Å². The standard InChI is InChI=1S/C16H24/c1-5-6-7-8-9-10-16-12-11-13(2)14(3)15(16)4/h9-12H,5-8H2,1-4H3. The molecule has 0 atom stereocenters. The first-order valence-corrected chi connectivity index (χ1v) is 6.40. The van der Waals surface area contributed by atoms with Crippen LogP contribution in [0.2, 0.25) is 0 Å². The molecule has 0 heterocycles. The zero-order valence-corrected chi connectivity index (χ0v) is 11.1. The molecule has 0 amide bonds.